The van der Waals surface area contributed by atoms with E-state index in [-0.39, 0.29) is 5.82 Å². The summed E-state index contributed by atoms with van der Waals surface area (Å²) in [5.74, 6) is -0.294. The molecule has 0 unspecified atom stereocenters. The van der Waals surface area contributed by atoms with Crippen molar-refractivity contribution in [2.24, 2.45) is 0 Å². The average Bonchev–Trinajstić information content (AvgIpc) is 2.57. The van der Waals surface area contributed by atoms with Crippen LogP contribution in [0.2, 0.25) is 0 Å². The molecule has 3 nitrogen and oxygen atoms in total. The maximum atomic E-state index is 13.0. The standard InChI is InChI=1S/C12H9BrFN3/c13-12-11(16)5-10(6-15)17(12)7-8-2-1-3-9(14)4-8/h1-5H,7,16H2. The van der Waals surface area contributed by atoms with Crippen LogP contribution >= 0.6 is 15.9 Å². The van der Waals surface area contributed by atoms with E-state index in [1.165, 1.54) is 12.1 Å². The van der Waals surface area contributed by atoms with E-state index in [0.717, 1.165) is 5.56 Å². The Morgan fingerprint density at radius 2 is 2.18 bits per heavy atom. The second-order valence-corrected chi connectivity index (χ2v) is 4.35. The van der Waals surface area contributed by atoms with Crippen LogP contribution in [0.1, 0.15) is 11.3 Å². The Hall–Kier alpha value is -1.80. The molecular weight excluding hydrogens is 285 g/mol. The molecule has 5 heteroatoms. The van der Waals surface area contributed by atoms with Gasteiger partial charge in [0.15, 0.2) is 0 Å². The molecule has 0 fully saturated rings. The van der Waals surface area contributed by atoms with Gasteiger partial charge in [0, 0.05) is 6.54 Å². The van der Waals surface area contributed by atoms with Crippen LogP contribution in [0, 0.1) is 17.1 Å². The summed E-state index contributed by atoms with van der Waals surface area (Å²) in [5, 5.41) is 8.97. The molecule has 2 aromatic rings. The Bertz CT molecular complexity index is 598. The molecule has 0 aliphatic carbocycles. The van der Waals surface area contributed by atoms with Gasteiger partial charge in [-0.05, 0) is 39.7 Å². The highest BCUT2D eigenvalue weighted by molar-refractivity contribution is 9.10. The summed E-state index contributed by atoms with van der Waals surface area (Å²) in [7, 11) is 0. The largest absolute Gasteiger partial charge is 0.397 e. The van der Waals surface area contributed by atoms with Crippen molar-refractivity contribution < 1.29 is 4.39 Å². The van der Waals surface area contributed by atoms with Gasteiger partial charge in [0.05, 0.1) is 5.69 Å². The van der Waals surface area contributed by atoms with Crippen LogP contribution in [0.5, 0.6) is 0 Å². The maximum Gasteiger partial charge on any atom is 0.123 e. The number of halogens is 2. The minimum Gasteiger partial charge on any atom is -0.397 e. The first-order chi connectivity index (χ1) is 8.11. The van der Waals surface area contributed by atoms with Crippen molar-refractivity contribution in [3.8, 4) is 6.07 Å². The SMILES string of the molecule is N#Cc1cc(N)c(Br)n1Cc1cccc(F)c1. The summed E-state index contributed by atoms with van der Waals surface area (Å²) in [6, 6.07) is 9.89. The van der Waals surface area contributed by atoms with E-state index in [1.54, 1.807) is 22.8 Å². The van der Waals surface area contributed by atoms with E-state index in [1.807, 2.05) is 0 Å². The number of hydrogen-bond acceptors (Lipinski definition) is 2. The number of benzene rings is 1. The highest BCUT2D eigenvalue weighted by Crippen LogP contribution is 2.25. The Morgan fingerprint density at radius 3 is 2.82 bits per heavy atom. The Kier molecular flexibility index (Phi) is 3.16. The number of hydrogen-bond donors (Lipinski definition) is 1. The number of aromatic nitrogens is 1. The normalized spacial score (nSPS) is 10.2. The molecule has 1 heterocycles. The molecule has 0 aliphatic heterocycles. The van der Waals surface area contributed by atoms with Crippen molar-refractivity contribution in [3.63, 3.8) is 0 Å². The van der Waals surface area contributed by atoms with E-state index < -0.39 is 0 Å². The zero-order valence-electron chi connectivity index (χ0n) is 8.82. The fourth-order valence-electron chi connectivity index (χ4n) is 1.61. The van der Waals surface area contributed by atoms with Gasteiger partial charge in [-0.3, -0.25) is 0 Å². The molecule has 0 spiro atoms. The predicted octanol–water partition coefficient (Wildman–Crippen LogP) is 2.89. The van der Waals surface area contributed by atoms with Crippen LogP contribution in [-0.2, 0) is 6.54 Å². The molecule has 17 heavy (non-hydrogen) atoms. The first-order valence-electron chi connectivity index (χ1n) is 4.91. The van der Waals surface area contributed by atoms with Gasteiger partial charge in [0.1, 0.15) is 22.2 Å². The van der Waals surface area contributed by atoms with Gasteiger partial charge in [-0.2, -0.15) is 5.26 Å². The van der Waals surface area contributed by atoms with Gasteiger partial charge in [0.25, 0.3) is 0 Å². The zero-order chi connectivity index (χ0) is 12.4. The van der Waals surface area contributed by atoms with Crippen LogP contribution in [-0.4, -0.2) is 4.57 Å². The van der Waals surface area contributed by atoms with E-state index >= 15 is 0 Å². The number of nitrogens with zero attached hydrogens (tertiary/aromatic N) is 2. The molecule has 0 bridgehead atoms. The molecule has 0 amide bonds. The molecule has 1 aromatic heterocycles. The van der Waals surface area contributed by atoms with Crippen LogP contribution in [0.4, 0.5) is 10.1 Å². The fourth-order valence-corrected chi connectivity index (χ4v) is 2.04. The maximum absolute atomic E-state index is 13.0. The summed E-state index contributed by atoms with van der Waals surface area (Å²) >= 11 is 3.31. The van der Waals surface area contributed by atoms with Crippen molar-refractivity contribution >= 4 is 21.6 Å². The van der Waals surface area contributed by atoms with Gasteiger partial charge >= 0.3 is 0 Å². The molecule has 86 valence electrons. The van der Waals surface area contributed by atoms with Crippen molar-refractivity contribution in [2.75, 3.05) is 5.73 Å². The molecule has 1 aromatic carbocycles. The molecule has 2 N–H and O–H groups in total. The summed E-state index contributed by atoms with van der Waals surface area (Å²) < 4.78 is 15.4. The Labute approximate surface area is 106 Å². The molecular formula is C12H9BrFN3. The lowest BCUT2D eigenvalue weighted by Gasteiger charge is -2.07. The van der Waals surface area contributed by atoms with E-state index in [4.69, 9.17) is 11.0 Å². The Balaban J connectivity index is 2.40. The topological polar surface area (TPSA) is 54.7 Å². The third-order valence-electron chi connectivity index (χ3n) is 2.40. The number of nitrogens with two attached hydrogens (primary N) is 1. The van der Waals surface area contributed by atoms with Crippen LogP contribution < -0.4 is 5.73 Å². The van der Waals surface area contributed by atoms with Gasteiger partial charge in [-0.1, -0.05) is 12.1 Å². The van der Waals surface area contributed by atoms with Crippen molar-refractivity contribution in [1.29, 1.82) is 5.26 Å². The average molecular weight is 294 g/mol. The summed E-state index contributed by atoms with van der Waals surface area (Å²) in [4.78, 5) is 0. The zero-order valence-corrected chi connectivity index (χ0v) is 10.4. The second-order valence-electron chi connectivity index (χ2n) is 3.60. The number of nitrogen functional groups attached to an aromatic ring is 1. The van der Waals surface area contributed by atoms with E-state index in [2.05, 4.69) is 22.0 Å². The lowest BCUT2D eigenvalue weighted by molar-refractivity contribution is 0.623. The summed E-state index contributed by atoms with van der Waals surface area (Å²) in [6.07, 6.45) is 0. The smallest absolute Gasteiger partial charge is 0.123 e. The lowest BCUT2D eigenvalue weighted by atomic mass is 10.2. The fraction of sp³-hybridized carbons (Fsp3) is 0.0833. The van der Waals surface area contributed by atoms with Crippen molar-refractivity contribution in [1.82, 2.24) is 4.57 Å². The molecule has 0 saturated heterocycles. The van der Waals surface area contributed by atoms with Crippen LogP contribution in [0.25, 0.3) is 0 Å². The van der Waals surface area contributed by atoms with E-state index in [9.17, 15) is 4.39 Å². The third-order valence-corrected chi connectivity index (χ3v) is 3.29. The van der Waals surface area contributed by atoms with Gasteiger partial charge in [-0.25, -0.2) is 4.39 Å². The third kappa shape index (κ3) is 2.32. The summed E-state index contributed by atoms with van der Waals surface area (Å²) in [5.41, 5.74) is 7.42. The van der Waals surface area contributed by atoms with Crippen molar-refractivity contribution in [3.05, 3.63) is 52.0 Å². The molecule has 2 rings (SSSR count). The highest BCUT2D eigenvalue weighted by atomic mass is 79.9. The summed E-state index contributed by atoms with van der Waals surface area (Å²) in [6.45, 7) is 0.401. The quantitative estimate of drug-likeness (QED) is 0.926. The van der Waals surface area contributed by atoms with Crippen LogP contribution in [0.3, 0.4) is 0 Å². The van der Waals surface area contributed by atoms with Gasteiger partial charge in [-0.15, -0.1) is 0 Å². The predicted molar refractivity (Wildman–Crippen MR) is 66.8 cm³/mol. The molecule has 0 radical (unpaired) electrons. The number of anilines is 1. The van der Waals surface area contributed by atoms with Gasteiger partial charge in [0.2, 0.25) is 0 Å². The first-order valence-corrected chi connectivity index (χ1v) is 5.70. The monoisotopic (exact) mass is 293 g/mol. The minimum atomic E-state index is -0.294. The van der Waals surface area contributed by atoms with Gasteiger partial charge < -0.3 is 10.3 Å². The van der Waals surface area contributed by atoms with Crippen LogP contribution in [0.15, 0.2) is 34.9 Å². The van der Waals surface area contributed by atoms with E-state index in [0.29, 0.717) is 22.5 Å². The second kappa shape index (κ2) is 4.60. The molecule has 0 atom stereocenters. The highest BCUT2D eigenvalue weighted by Gasteiger charge is 2.11. The lowest BCUT2D eigenvalue weighted by Crippen LogP contribution is -2.03. The first kappa shape index (κ1) is 11.7. The molecule has 0 aliphatic rings. The number of nitriles is 1. The molecule has 0 saturated carbocycles. The minimum absolute atomic E-state index is 0.294. The van der Waals surface area contributed by atoms with Crippen molar-refractivity contribution in [2.45, 2.75) is 6.54 Å². The number of rotatable bonds is 2. The Morgan fingerprint density at radius 1 is 1.41 bits per heavy atom.